The lowest BCUT2D eigenvalue weighted by molar-refractivity contribution is -0.192. The maximum absolute atomic E-state index is 10.6. The van der Waals surface area contributed by atoms with E-state index in [2.05, 4.69) is 15.2 Å². The zero-order valence-electron chi connectivity index (χ0n) is 12.5. The predicted molar refractivity (Wildman–Crippen MR) is 86.7 cm³/mol. The van der Waals surface area contributed by atoms with E-state index in [0.717, 1.165) is 5.56 Å². The molecular weight excluding hydrogens is 398 g/mol. The van der Waals surface area contributed by atoms with E-state index in [0.29, 0.717) is 27.4 Å². The van der Waals surface area contributed by atoms with Crippen molar-refractivity contribution in [2.75, 3.05) is 0 Å². The molecule has 2 heterocycles. The van der Waals surface area contributed by atoms with Crippen LogP contribution >= 0.6 is 23.2 Å². The predicted octanol–water partition coefficient (Wildman–Crippen LogP) is 4.74. The number of carboxylic acid groups (broad SMARTS) is 1. The molecular formula is C15H8Cl2F3N3O3. The van der Waals surface area contributed by atoms with E-state index in [9.17, 15) is 13.2 Å². The fourth-order valence-electron chi connectivity index (χ4n) is 1.60. The second kappa shape index (κ2) is 8.15. The van der Waals surface area contributed by atoms with Gasteiger partial charge in [0.1, 0.15) is 0 Å². The molecule has 26 heavy (non-hydrogen) atoms. The maximum atomic E-state index is 10.6. The van der Waals surface area contributed by atoms with Gasteiger partial charge >= 0.3 is 12.1 Å². The first-order valence-electron chi connectivity index (χ1n) is 6.68. The molecule has 0 spiro atoms. The maximum Gasteiger partial charge on any atom is 0.490 e. The average molecular weight is 406 g/mol. The van der Waals surface area contributed by atoms with Crippen molar-refractivity contribution in [2.24, 2.45) is 0 Å². The number of rotatable bonds is 2. The third-order valence-corrected chi connectivity index (χ3v) is 3.29. The minimum Gasteiger partial charge on any atom is -0.475 e. The summed E-state index contributed by atoms with van der Waals surface area (Å²) in [7, 11) is 0. The first-order valence-corrected chi connectivity index (χ1v) is 7.43. The van der Waals surface area contributed by atoms with Gasteiger partial charge in [-0.1, -0.05) is 23.2 Å². The van der Waals surface area contributed by atoms with Crippen molar-refractivity contribution in [3.05, 3.63) is 52.8 Å². The van der Waals surface area contributed by atoms with Crippen molar-refractivity contribution in [3.8, 4) is 22.9 Å². The van der Waals surface area contributed by atoms with Crippen LogP contribution < -0.4 is 0 Å². The van der Waals surface area contributed by atoms with Crippen molar-refractivity contribution in [2.45, 2.75) is 6.18 Å². The molecule has 0 unspecified atom stereocenters. The van der Waals surface area contributed by atoms with Gasteiger partial charge in [-0.2, -0.15) is 13.2 Å². The van der Waals surface area contributed by atoms with Gasteiger partial charge in [0.15, 0.2) is 0 Å². The number of carbonyl (C=O) groups is 1. The summed E-state index contributed by atoms with van der Waals surface area (Å²) in [4.78, 5) is 12.9. The van der Waals surface area contributed by atoms with Crippen LogP contribution in [0.1, 0.15) is 0 Å². The molecule has 2 aromatic heterocycles. The van der Waals surface area contributed by atoms with Crippen LogP contribution in [0.25, 0.3) is 22.9 Å². The van der Waals surface area contributed by atoms with Crippen molar-refractivity contribution in [1.29, 1.82) is 0 Å². The lowest BCUT2D eigenvalue weighted by atomic mass is 10.2. The van der Waals surface area contributed by atoms with Crippen molar-refractivity contribution < 1.29 is 27.5 Å². The number of aromatic nitrogens is 3. The number of carboxylic acids is 1. The molecule has 0 atom stereocenters. The molecule has 11 heteroatoms. The number of nitrogens with zero attached hydrogens (tertiary/aromatic N) is 3. The zero-order valence-corrected chi connectivity index (χ0v) is 14.0. The zero-order chi connectivity index (χ0) is 19.3. The van der Waals surface area contributed by atoms with Crippen LogP contribution in [0.2, 0.25) is 10.0 Å². The summed E-state index contributed by atoms with van der Waals surface area (Å²) >= 11 is 11.9. The lowest BCUT2D eigenvalue weighted by Crippen LogP contribution is -2.21. The topological polar surface area (TPSA) is 89.1 Å². The van der Waals surface area contributed by atoms with E-state index in [1.807, 2.05) is 6.07 Å². The standard InChI is InChI=1S/C13H7Cl2N3O.C2HF3O2/c14-9-3-4-10(11(15)6-9)13-18-17-12(19-13)8-2-1-5-16-7-8;3-2(4,5)1(6)7/h1-7H;(H,6,7). The second-order valence-corrected chi connectivity index (χ2v) is 5.42. The van der Waals surface area contributed by atoms with Crippen molar-refractivity contribution in [1.82, 2.24) is 15.2 Å². The van der Waals surface area contributed by atoms with E-state index in [1.165, 1.54) is 0 Å². The summed E-state index contributed by atoms with van der Waals surface area (Å²) in [6, 6.07) is 8.73. The average Bonchev–Trinajstić information content (AvgIpc) is 3.05. The highest BCUT2D eigenvalue weighted by molar-refractivity contribution is 6.36. The monoisotopic (exact) mass is 405 g/mol. The van der Waals surface area contributed by atoms with Gasteiger partial charge in [0, 0.05) is 17.4 Å². The largest absolute Gasteiger partial charge is 0.490 e. The number of pyridine rings is 1. The molecule has 6 nitrogen and oxygen atoms in total. The molecule has 0 fully saturated rings. The summed E-state index contributed by atoms with van der Waals surface area (Å²) in [5, 5.41) is 16.1. The van der Waals surface area contributed by atoms with Gasteiger partial charge in [-0.25, -0.2) is 4.79 Å². The third kappa shape index (κ3) is 5.17. The third-order valence-electron chi connectivity index (χ3n) is 2.74. The summed E-state index contributed by atoms with van der Waals surface area (Å²) < 4.78 is 37.3. The molecule has 0 radical (unpaired) electrons. The van der Waals surface area contributed by atoms with Crippen LogP contribution in [0.15, 0.2) is 47.1 Å². The molecule has 0 bridgehead atoms. The normalized spacial score (nSPS) is 10.8. The molecule has 3 aromatic rings. The first-order chi connectivity index (χ1) is 12.2. The fourth-order valence-corrected chi connectivity index (χ4v) is 2.09. The Kier molecular flexibility index (Phi) is 6.17. The van der Waals surface area contributed by atoms with E-state index >= 15 is 0 Å². The van der Waals surface area contributed by atoms with Gasteiger partial charge in [-0.05, 0) is 30.3 Å². The van der Waals surface area contributed by atoms with Crippen LogP contribution in [-0.2, 0) is 4.79 Å². The second-order valence-electron chi connectivity index (χ2n) is 4.58. The summed E-state index contributed by atoms with van der Waals surface area (Å²) in [5.41, 5.74) is 1.40. The number of benzene rings is 1. The summed E-state index contributed by atoms with van der Waals surface area (Å²) in [5.74, 6) is -2.01. The fraction of sp³-hybridized carbons (Fsp3) is 0.0667. The van der Waals surface area contributed by atoms with Gasteiger partial charge < -0.3 is 9.52 Å². The Bertz CT molecular complexity index is 902. The SMILES string of the molecule is Clc1ccc(-c2nnc(-c3cccnc3)o2)c(Cl)c1.O=C(O)C(F)(F)F. The molecule has 1 aromatic carbocycles. The van der Waals surface area contributed by atoms with Crippen LogP contribution in [0.4, 0.5) is 13.2 Å². The van der Waals surface area contributed by atoms with Crippen LogP contribution in [0.5, 0.6) is 0 Å². The number of alkyl halides is 3. The van der Waals surface area contributed by atoms with Crippen molar-refractivity contribution >= 4 is 29.2 Å². The molecule has 0 amide bonds. The Hall–Kier alpha value is -2.65. The molecule has 0 aliphatic carbocycles. The van der Waals surface area contributed by atoms with Gasteiger partial charge in [0.25, 0.3) is 0 Å². The molecule has 1 N–H and O–H groups in total. The first kappa shape index (κ1) is 19.7. The minimum absolute atomic E-state index is 0.348. The van der Waals surface area contributed by atoms with Gasteiger partial charge in [-0.3, -0.25) is 4.98 Å². The molecule has 0 aliphatic rings. The Morgan fingerprint density at radius 3 is 2.31 bits per heavy atom. The van der Waals surface area contributed by atoms with Crippen LogP contribution in [-0.4, -0.2) is 32.4 Å². The van der Waals surface area contributed by atoms with E-state index in [1.54, 1.807) is 36.7 Å². The van der Waals surface area contributed by atoms with Gasteiger partial charge in [0.05, 0.1) is 16.1 Å². The molecule has 0 aliphatic heterocycles. The van der Waals surface area contributed by atoms with E-state index in [-0.39, 0.29) is 0 Å². The lowest BCUT2D eigenvalue weighted by Gasteiger charge is -1.98. The van der Waals surface area contributed by atoms with Crippen molar-refractivity contribution in [3.63, 3.8) is 0 Å². The Balaban J connectivity index is 0.000000298. The Labute approximate surface area is 154 Å². The Morgan fingerprint density at radius 2 is 1.77 bits per heavy atom. The molecule has 136 valence electrons. The van der Waals surface area contributed by atoms with Crippen LogP contribution in [0.3, 0.4) is 0 Å². The van der Waals surface area contributed by atoms with E-state index in [4.69, 9.17) is 37.5 Å². The minimum atomic E-state index is -5.08. The highest BCUT2D eigenvalue weighted by Gasteiger charge is 2.38. The van der Waals surface area contributed by atoms with Crippen LogP contribution in [0, 0.1) is 0 Å². The highest BCUT2D eigenvalue weighted by atomic mass is 35.5. The van der Waals surface area contributed by atoms with Gasteiger partial charge in [-0.15, -0.1) is 10.2 Å². The molecule has 0 saturated carbocycles. The summed E-state index contributed by atoms with van der Waals surface area (Å²) in [6.45, 7) is 0. The quantitative estimate of drug-likeness (QED) is 0.662. The molecule has 3 rings (SSSR count). The highest BCUT2D eigenvalue weighted by Crippen LogP contribution is 2.30. The van der Waals surface area contributed by atoms with E-state index < -0.39 is 12.1 Å². The number of halogens is 5. The smallest absolute Gasteiger partial charge is 0.475 e. The summed E-state index contributed by atoms with van der Waals surface area (Å²) in [6.07, 6.45) is -1.75. The molecule has 0 saturated heterocycles. The van der Waals surface area contributed by atoms with Gasteiger partial charge in [0.2, 0.25) is 11.8 Å². The number of hydrogen-bond donors (Lipinski definition) is 1. The Morgan fingerprint density at radius 1 is 1.12 bits per heavy atom. The number of aliphatic carboxylic acids is 1. The number of hydrogen-bond acceptors (Lipinski definition) is 5.